The zero-order chi connectivity index (χ0) is 23.0. The zero-order valence-electron chi connectivity index (χ0n) is 17.9. The van der Waals surface area contributed by atoms with Gasteiger partial charge < -0.3 is 14.7 Å². The largest absolute Gasteiger partial charge is 0.339 e. The van der Waals surface area contributed by atoms with E-state index in [1.807, 2.05) is 32.0 Å². The SMILES string of the molecule is Cc1cccc(N2CC(C(=O)N3CCN(C(=O)c4ccc([N+](=O)[O-])s4)CC3)CC2=O)c1C. The summed E-state index contributed by atoms with van der Waals surface area (Å²) in [7, 11) is 0. The number of amides is 3. The molecule has 10 heteroatoms. The summed E-state index contributed by atoms with van der Waals surface area (Å²) in [4.78, 5) is 54.0. The molecule has 3 heterocycles. The van der Waals surface area contributed by atoms with Gasteiger partial charge >= 0.3 is 5.00 Å². The Balaban J connectivity index is 1.36. The van der Waals surface area contributed by atoms with E-state index in [0.29, 0.717) is 37.6 Å². The number of piperazine rings is 1. The number of carbonyl (C=O) groups excluding carboxylic acids is 3. The Morgan fingerprint density at radius 3 is 2.41 bits per heavy atom. The second-order valence-corrected chi connectivity index (χ2v) is 9.20. The van der Waals surface area contributed by atoms with E-state index >= 15 is 0 Å². The molecule has 1 atom stereocenters. The van der Waals surface area contributed by atoms with Gasteiger partial charge in [-0.2, -0.15) is 0 Å². The first-order chi connectivity index (χ1) is 15.3. The fourth-order valence-corrected chi connectivity index (χ4v) is 5.01. The molecule has 4 rings (SSSR count). The topological polar surface area (TPSA) is 104 Å². The molecule has 0 N–H and O–H groups in total. The molecule has 1 aromatic carbocycles. The highest BCUT2D eigenvalue weighted by Gasteiger charge is 2.38. The second-order valence-electron chi connectivity index (χ2n) is 8.14. The van der Waals surface area contributed by atoms with E-state index in [4.69, 9.17) is 0 Å². The van der Waals surface area contributed by atoms with Crippen molar-refractivity contribution in [2.45, 2.75) is 20.3 Å². The first-order valence-electron chi connectivity index (χ1n) is 10.4. The molecule has 2 aliphatic rings. The Labute approximate surface area is 189 Å². The number of carbonyl (C=O) groups is 3. The second kappa shape index (κ2) is 8.70. The lowest BCUT2D eigenvalue weighted by atomic mass is 10.1. The van der Waals surface area contributed by atoms with Crippen LogP contribution in [-0.2, 0) is 9.59 Å². The molecule has 0 spiro atoms. The maximum Gasteiger partial charge on any atom is 0.324 e. The van der Waals surface area contributed by atoms with Crippen molar-refractivity contribution in [2.75, 3.05) is 37.6 Å². The molecule has 2 fully saturated rings. The third-order valence-electron chi connectivity index (χ3n) is 6.20. The molecule has 1 aromatic heterocycles. The number of rotatable bonds is 4. The van der Waals surface area contributed by atoms with Crippen molar-refractivity contribution in [1.29, 1.82) is 0 Å². The van der Waals surface area contributed by atoms with Crippen molar-refractivity contribution in [2.24, 2.45) is 5.92 Å². The molecule has 3 amide bonds. The van der Waals surface area contributed by atoms with Crippen LogP contribution in [0.3, 0.4) is 0 Å². The zero-order valence-corrected chi connectivity index (χ0v) is 18.8. The number of benzene rings is 1. The van der Waals surface area contributed by atoms with Crippen LogP contribution in [0.5, 0.6) is 0 Å². The normalized spacial score (nSPS) is 18.9. The average Bonchev–Trinajstić information content (AvgIpc) is 3.42. The quantitative estimate of drug-likeness (QED) is 0.520. The summed E-state index contributed by atoms with van der Waals surface area (Å²) in [5.41, 5.74) is 2.99. The van der Waals surface area contributed by atoms with Gasteiger partial charge in [-0.15, -0.1) is 0 Å². The maximum atomic E-state index is 13.1. The standard InChI is InChI=1S/C22H24N4O5S/c1-14-4-3-5-17(15(14)2)25-13-16(12-19(25)27)21(28)23-8-10-24(11-9-23)22(29)18-6-7-20(32-18)26(30)31/h3-7,16H,8-13H2,1-2H3. The average molecular weight is 457 g/mol. The van der Waals surface area contributed by atoms with Crippen LogP contribution in [0.4, 0.5) is 10.7 Å². The number of hydrogen-bond donors (Lipinski definition) is 0. The fraction of sp³-hybridized carbons (Fsp3) is 0.409. The van der Waals surface area contributed by atoms with Crippen molar-refractivity contribution in [3.05, 3.63) is 56.5 Å². The van der Waals surface area contributed by atoms with Gasteiger partial charge in [-0.05, 0) is 37.1 Å². The molecule has 2 aromatic rings. The van der Waals surface area contributed by atoms with Crippen molar-refractivity contribution in [3.63, 3.8) is 0 Å². The lowest BCUT2D eigenvalue weighted by Crippen LogP contribution is -2.52. The van der Waals surface area contributed by atoms with Gasteiger partial charge in [-0.25, -0.2) is 0 Å². The van der Waals surface area contributed by atoms with Crippen LogP contribution in [0, 0.1) is 29.9 Å². The third-order valence-corrected chi connectivity index (χ3v) is 7.23. The first-order valence-corrected chi connectivity index (χ1v) is 11.3. The van der Waals surface area contributed by atoms with Gasteiger partial charge in [0.05, 0.1) is 15.7 Å². The van der Waals surface area contributed by atoms with Crippen LogP contribution in [0.15, 0.2) is 30.3 Å². The number of hydrogen-bond acceptors (Lipinski definition) is 6. The van der Waals surface area contributed by atoms with E-state index in [9.17, 15) is 24.5 Å². The van der Waals surface area contributed by atoms with Crippen LogP contribution >= 0.6 is 11.3 Å². The Morgan fingerprint density at radius 1 is 1.06 bits per heavy atom. The van der Waals surface area contributed by atoms with Gasteiger partial charge in [0, 0.05) is 50.9 Å². The molecule has 0 radical (unpaired) electrons. The molecular formula is C22H24N4O5S. The lowest BCUT2D eigenvalue weighted by Gasteiger charge is -2.35. The van der Waals surface area contributed by atoms with Gasteiger partial charge in [0.2, 0.25) is 11.8 Å². The highest BCUT2D eigenvalue weighted by Crippen LogP contribution is 2.30. The number of anilines is 1. The molecule has 0 aliphatic carbocycles. The summed E-state index contributed by atoms with van der Waals surface area (Å²) < 4.78 is 0. The lowest BCUT2D eigenvalue weighted by molar-refractivity contribution is -0.380. The van der Waals surface area contributed by atoms with E-state index in [-0.39, 0.29) is 29.1 Å². The smallest absolute Gasteiger partial charge is 0.324 e. The van der Waals surface area contributed by atoms with Crippen molar-refractivity contribution >= 4 is 39.7 Å². The fourth-order valence-electron chi connectivity index (χ4n) is 4.22. The monoisotopic (exact) mass is 456 g/mol. The summed E-state index contributed by atoms with van der Waals surface area (Å²) in [5.74, 6) is -0.771. The summed E-state index contributed by atoms with van der Waals surface area (Å²) in [6, 6.07) is 8.62. The Hall–Kier alpha value is -3.27. The molecule has 1 unspecified atom stereocenters. The van der Waals surface area contributed by atoms with Gasteiger partial charge in [0.1, 0.15) is 0 Å². The van der Waals surface area contributed by atoms with Gasteiger partial charge in [-0.1, -0.05) is 23.5 Å². The predicted molar refractivity (Wildman–Crippen MR) is 120 cm³/mol. The van der Waals surface area contributed by atoms with Crippen molar-refractivity contribution in [1.82, 2.24) is 9.80 Å². The van der Waals surface area contributed by atoms with E-state index in [1.54, 1.807) is 14.7 Å². The van der Waals surface area contributed by atoms with Gasteiger partial charge in [0.25, 0.3) is 5.91 Å². The highest BCUT2D eigenvalue weighted by molar-refractivity contribution is 7.17. The number of thiophene rings is 1. The summed E-state index contributed by atoms with van der Waals surface area (Å²) in [6.45, 7) is 5.82. The molecule has 32 heavy (non-hydrogen) atoms. The predicted octanol–water partition coefficient (Wildman–Crippen LogP) is 2.61. The first kappa shape index (κ1) is 21.9. The minimum atomic E-state index is -0.511. The van der Waals surface area contributed by atoms with Crippen molar-refractivity contribution in [3.8, 4) is 0 Å². The van der Waals surface area contributed by atoms with Crippen LogP contribution in [0.25, 0.3) is 0 Å². The summed E-state index contributed by atoms with van der Waals surface area (Å²) in [5, 5.41) is 10.8. The summed E-state index contributed by atoms with van der Waals surface area (Å²) >= 11 is 0.857. The molecule has 9 nitrogen and oxygen atoms in total. The van der Waals surface area contributed by atoms with E-state index in [1.165, 1.54) is 12.1 Å². The van der Waals surface area contributed by atoms with Gasteiger partial charge in [0.15, 0.2) is 0 Å². The van der Waals surface area contributed by atoms with E-state index < -0.39 is 10.8 Å². The molecular weight excluding hydrogens is 432 g/mol. The third kappa shape index (κ3) is 4.10. The molecule has 0 bridgehead atoms. The number of nitro groups is 1. The minimum absolute atomic E-state index is 0.0508. The summed E-state index contributed by atoms with van der Waals surface area (Å²) in [6.07, 6.45) is 0.185. The Bertz CT molecular complexity index is 1090. The minimum Gasteiger partial charge on any atom is -0.339 e. The van der Waals surface area contributed by atoms with Crippen molar-refractivity contribution < 1.29 is 19.3 Å². The van der Waals surface area contributed by atoms with Gasteiger partial charge in [-0.3, -0.25) is 24.5 Å². The highest BCUT2D eigenvalue weighted by atomic mass is 32.1. The number of nitrogens with zero attached hydrogens (tertiary/aromatic N) is 4. The molecule has 168 valence electrons. The molecule has 2 aliphatic heterocycles. The number of aryl methyl sites for hydroxylation is 1. The van der Waals surface area contributed by atoms with Crippen LogP contribution in [-0.4, -0.2) is 65.2 Å². The van der Waals surface area contributed by atoms with E-state index in [0.717, 1.165) is 28.2 Å². The van der Waals surface area contributed by atoms with Crippen LogP contribution in [0.2, 0.25) is 0 Å². The Morgan fingerprint density at radius 2 is 1.75 bits per heavy atom. The molecule has 2 saturated heterocycles. The Kier molecular flexibility index (Phi) is 5.96. The van der Waals surface area contributed by atoms with E-state index in [2.05, 4.69) is 0 Å². The molecule has 0 saturated carbocycles. The van der Waals surface area contributed by atoms with Crippen LogP contribution < -0.4 is 4.90 Å². The van der Waals surface area contributed by atoms with Crippen LogP contribution in [0.1, 0.15) is 27.2 Å². The maximum absolute atomic E-state index is 13.1.